The molecule has 2 aliphatic heterocycles. The second kappa shape index (κ2) is 9.85. The fourth-order valence-corrected chi connectivity index (χ4v) is 3.94. The zero-order valence-corrected chi connectivity index (χ0v) is 16.5. The summed E-state index contributed by atoms with van der Waals surface area (Å²) in [6, 6.07) is 7.59. The lowest BCUT2D eigenvalue weighted by molar-refractivity contribution is -0.114. The van der Waals surface area contributed by atoms with Gasteiger partial charge in [-0.2, -0.15) is 0 Å². The number of para-hydroxylation sites is 1. The molecule has 0 amide bonds. The predicted octanol–water partition coefficient (Wildman–Crippen LogP) is 2.51. The van der Waals surface area contributed by atoms with Crippen LogP contribution in [0.3, 0.4) is 0 Å². The molecule has 0 aliphatic carbocycles. The molecule has 2 fully saturated rings. The topological polar surface area (TPSA) is 88.4 Å². The highest BCUT2D eigenvalue weighted by molar-refractivity contribution is 5.36. The average Bonchev–Trinajstić information content (AvgIpc) is 2.69. The Kier molecular flexibility index (Phi) is 7.48. The highest BCUT2D eigenvalue weighted by Gasteiger charge is 2.31. The van der Waals surface area contributed by atoms with Crippen molar-refractivity contribution in [2.75, 3.05) is 13.2 Å². The first kappa shape index (κ1) is 21.3. The Morgan fingerprint density at radius 1 is 1.18 bits per heavy atom. The van der Waals surface area contributed by atoms with Gasteiger partial charge in [0.05, 0.1) is 43.2 Å². The van der Waals surface area contributed by atoms with Gasteiger partial charge in [0.15, 0.2) is 0 Å². The lowest BCUT2D eigenvalue weighted by Crippen LogP contribution is -2.38. The number of ether oxygens (including phenoxy) is 3. The van der Waals surface area contributed by atoms with Gasteiger partial charge in [-0.3, -0.25) is 0 Å². The first-order valence-corrected chi connectivity index (χ1v) is 10.1. The molecule has 5 unspecified atom stereocenters. The van der Waals surface area contributed by atoms with Crippen molar-refractivity contribution in [2.45, 2.75) is 75.7 Å². The summed E-state index contributed by atoms with van der Waals surface area (Å²) in [5.74, 6) is 0.679. The lowest BCUT2D eigenvalue weighted by atomic mass is 9.95. The largest absolute Gasteiger partial charge is 0.489 e. The number of aliphatic hydroxyl groups excluding tert-OH is 3. The van der Waals surface area contributed by atoms with Crippen molar-refractivity contribution in [1.82, 2.24) is 0 Å². The third-order valence-electron chi connectivity index (χ3n) is 5.47. The van der Waals surface area contributed by atoms with Crippen molar-refractivity contribution < 1.29 is 29.5 Å². The minimum Gasteiger partial charge on any atom is -0.489 e. The molecule has 2 saturated heterocycles. The molecule has 0 bridgehead atoms. The van der Waals surface area contributed by atoms with Crippen LogP contribution in [0.5, 0.6) is 5.75 Å². The summed E-state index contributed by atoms with van der Waals surface area (Å²) >= 11 is 0. The Morgan fingerprint density at radius 3 is 2.75 bits per heavy atom. The Morgan fingerprint density at radius 2 is 1.96 bits per heavy atom. The van der Waals surface area contributed by atoms with E-state index in [1.54, 1.807) is 0 Å². The summed E-state index contributed by atoms with van der Waals surface area (Å²) in [5.41, 5.74) is 1.71. The van der Waals surface area contributed by atoms with Crippen LogP contribution in [0.15, 0.2) is 36.4 Å². The summed E-state index contributed by atoms with van der Waals surface area (Å²) in [6.07, 6.45) is 1.32. The van der Waals surface area contributed by atoms with E-state index in [9.17, 15) is 15.3 Å². The molecule has 1 aromatic carbocycles. The molecule has 6 heteroatoms. The first-order chi connectivity index (χ1) is 13.5. The minimum atomic E-state index is -0.508. The fraction of sp³-hybridized carbons (Fsp3) is 0.636. The van der Waals surface area contributed by atoms with E-state index in [0.29, 0.717) is 31.6 Å². The van der Waals surface area contributed by atoms with Crippen molar-refractivity contribution in [2.24, 2.45) is 0 Å². The third kappa shape index (κ3) is 5.55. The first-order valence-electron chi connectivity index (χ1n) is 10.1. The van der Waals surface area contributed by atoms with Crippen LogP contribution >= 0.6 is 0 Å². The number of aliphatic hydroxyl groups is 3. The second-order valence-corrected chi connectivity index (χ2v) is 7.97. The van der Waals surface area contributed by atoms with E-state index < -0.39 is 12.2 Å². The van der Waals surface area contributed by atoms with Gasteiger partial charge in [-0.1, -0.05) is 24.8 Å². The van der Waals surface area contributed by atoms with Crippen molar-refractivity contribution >= 4 is 0 Å². The number of hydrogen-bond donors (Lipinski definition) is 3. The minimum absolute atomic E-state index is 0.116. The maximum absolute atomic E-state index is 10.1. The van der Waals surface area contributed by atoms with Crippen LogP contribution in [0.2, 0.25) is 0 Å². The summed E-state index contributed by atoms with van der Waals surface area (Å²) in [7, 11) is 0. The molecule has 3 rings (SSSR count). The Hall–Kier alpha value is -1.44. The summed E-state index contributed by atoms with van der Waals surface area (Å²) in [6.45, 7) is 6.30. The molecule has 2 aliphatic rings. The van der Waals surface area contributed by atoms with Gasteiger partial charge in [0.25, 0.3) is 0 Å². The van der Waals surface area contributed by atoms with Crippen molar-refractivity contribution in [1.29, 1.82) is 0 Å². The van der Waals surface area contributed by atoms with Crippen LogP contribution in [0.1, 0.15) is 50.7 Å². The smallest absolute Gasteiger partial charge is 0.125 e. The van der Waals surface area contributed by atoms with Gasteiger partial charge in [0.2, 0.25) is 0 Å². The normalized spacial score (nSPS) is 33.4. The zero-order chi connectivity index (χ0) is 20.1. The molecule has 6 nitrogen and oxygen atoms in total. The van der Waals surface area contributed by atoms with E-state index in [4.69, 9.17) is 14.2 Å². The summed E-state index contributed by atoms with van der Waals surface area (Å²) < 4.78 is 17.8. The van der Waals surface area contributed by atoms with Gasteiger partial charge in [-0.05, 0) is 31.4 Å². The van der Waals surface area contributed by atoms with Crippen LogP contribution in [0.25, 0.3) is 0 Å². The van der Waals surface area contributed by atoms with Gasteiger partial charge < -0.3 is 29.5 Å². The maximum Gasteiger partial charge on any atom is 0.125 e. The fourth-order valence-electron chi connectivity index (χ4n) is 3.94. The van der Waals surface area contributed by atoms with Gasteiger partial charge in [-0.25, -0.2) is 0 Å². The molecular formula is C22H32O6. The van der Waals surface area contributed by atoms with Crippen LogP contribution in [0.4, 0.5) is 0 Å². The van der Waals surface area contributed by atoms with E-state index in [1.165, 1.54) is 0 Å². The highest BCUT2D eigenvalue weighted by atomic mass is 16.5. The molecule has 0 aromatic heterocycles. The predicted molar refractivity (Wildman–Crippen MR) is 105 cm³/mol. The number of hydrogen-bond acceptors (Lipinski definition) is 6. The van der Waals surface area contributed by atoms with E-state index >= 15 is 0 Å². The third-order valence-corrected chi connectivity index (χ3v) is 5.47. The molecular weight excluding hydrogens is 360 g/mol. The van der Waals surface area contributed by atoms with Gasteiger partial charge in [0.1, 0.15) is 12.4 Å². The Balaban J connectivity index is 1.59. The molecule has 156 valence electrons. The highest BCUT2D eigenvalue weighted by Crippen LogP contribution is 2.36. The van der Waals surface area contributed by atoms with E-state index in [1.807, 2.05) is 31.2 Å². The van der Waals surface area contributed by atoms with Crippen LogP contribution in [-0.4, -0.2) is 59.1 Å². The molecule has 6 atom stereocenters. The monoisotopic (exact) mass is 392 g/mol. The van der Waals surface area contributed by atoms with Gasteiger partial charge in [-0.15, -0.1) is 0 Å². The van der Waals surface area contributed by atoms with Gasteiger partial charge >= 0.3 is 0 Å². The Labute approximate surface area is 166 Å². The van der Waals surface area contributed by atoms with Gasteiger partial charge in [0, 0.05) is 24.8 Å². The molecule has 0 spiro atoms. The molecule has 2 heterocycles. The number of benzene rings is 1. The maximum atomic E-state index is 10.1. The van der Waals surface area contributed by atoms with E-state index in [2.05, 4.69) is 6.58 Å². The van der Waals surface area contributed by atoms with Crippen molar-refractivity contribution in [3.05, 3.63) is 42.0 Å². The molecule has 0 saturated carbocycles. The summed E-state index contributed by atoms with van der Waals surface area (Å²) in [4.78, 5) is 0. The van der Waals surface area contributed by atoms with Crippen LogP contribution in [0, 0.1) is 0 Å². The van der Waals surface area contributed by atoms with Crippen molar-refractivity contribution in [3.63, 3.8) is 0 Å². The second-order valence-electron chi connectivity index (χ2n) is 7.97. The molecule has 0 radical (unpaired) electrons. The van der Waals surface area contributed by atoms with Crippen molar-refractivity contribution in [3.8, 4) is 5.75 Å². The van der Waals surface area contributed by atoms with Crippen LogP contribution in [-0.2, 0) is 9.47 Å². The molecule has 1 aromatic rings. The molecule has 28 heavy (non-hydrogen) atoms. The van der Waals surface area contributed by atoms with Crippen LogP contribution < -0.4 is 4.74 Å². The Bertz CT molecular complexity index is 648. The SMILES string of the molecule is C=C(COc1ccccc1C1CC(O)CC(CO)O1)CC1O[C@@H](C)CCC1O. The molecule has 3 N–H and O–H groups in total. The lowest BCUT2D eigenvalue weighted by Gasteiger charge is -2.33. The van der Waals surface area contributed by atoms with E-state index in [-0.39, 0.29) is 31.0 Å². The standard InChI is InChI=1S/C22H32O6/c1-14(9-22-19(25)8-7-15(2)27-22)13-26-20-6-4-3-5-18(20)21-11-16(24)10-17(12-23)28-21/h3-6,15-17,19,21-25H,1,7-13H2,2H3/t15-,16?,17?,19?,21?,22?/m0/s1. The zero-order valence-electron chi connectivity index (χ0n) is 16.5. The van der Waals surface area contributed by atoms with E-state index in [0.717, 1.165) is 24.0 Å². The average molecular weight is 392 g/mol. The number of rotatable bonds is 7. The quantitative estimate of drug-likeness (QED) is 0.618. The summed E-state index contributed by atoms with van der Waals surface area (Å²) in [5, 5.41) is 29.6.